The molecule has 1 aromatic heterocycles. The van der Waals surface area contributed by atoms with Crippen molar-refractivity contribution in [2.24, 2.45) is 5.73 Å². The fourth-order valence-corrected chi connectivity index (χ4v) is 2.53. The third-order valence-corrected chi connectivity index (χ3v) is 3.88. The molecule has 0 fully saturated rings. The molecule has 4 heteroatoms. The molecule has 0 aliphatic carbocycles. The molecule has 1 heterocycles. The van der Waals surface area contributed by atoms with Gasteiger partial charge < -0.3 is 10.8 Å². The number of aliphatic hydroxyl groups excluding tert-OH is 1. The van der Waals surface area contributed by atoms with Gasteiger partial charge in [-0.3, -0.25) is 0 Å². The summed E-state index contributed by atoms with van der Waals surface area (Å²) in [5, 5.41) is 9.57. The van der Waals surface area contributed by atoms with Crippen molar-refractivity contribution in [2.45, 2.75) is 19.4 Å². The first-order chi connectivity index (χ1) is 5.65. The minimum absolute atomic E-state index is 0.398. The van der Waals surface area contributed by atoms with Gasteiger partial charge in [0.1, 0.15) is 0 Å². The fourth-order valence-electron chi connectivity index (χ4n) is 0.946. The molecule has 1 atom stereocenters. The van der Waals surface area contributed by atoms with E-state index in [9.17, 15) is 5.11 Å². The maximum absolute atomic E-state index is 9.57. The first-order valence-corrected chi connectivity index (χ1v) is 5.40. The highest BCUT2D eigenvalue weighted by Crippen LogP contribution is 2.31. The molecule has 12 heavy (non-hydrogen) atoms. The average Bonchev–Trinajstić information content (AvgIpc) is 2.33. The molecular formula is C8H12BrNOS. The molecule has 1 unspecified atom stereocenters. The molecule has 0 saturated heterocycles. The second-order valence-electron chi connectivity index (χ2n) is 2.65. The second kappa shape index (κ2) is 4.37. The predicted molar refractivity (Wildman–Crippen MR) is 55.4 cm³/mol. The summed E-state index contributed by atoms with van der Waals surface area (Å²) in [6, 6.07) is 1.96. The van der Waals surface area contributed by atoms with E-state index in [1.165, 1.54) is 4.88 Å². The molecule has 0 spiro atoms. The van der Waals surface area contributed by atoms with Gasteiger partial charge in [0.15, 0.2) is 0 Å². The van der Waals surface area contributed by atoms with Crippen LogP contribution in [0.15, 0.2) is 10.5 Å². The van der Waals surface area contributed by atoms with Gasteiger partial charge in [0.2, 0.25) is 0 Å². The average molecular weight is 250 g/mol. The SMILES string of the molecule is Cc1sc(C(O)CCN)cc1Br. The zero-order valence-electron chi connectivity index (χ0n) is 6.88. The van der Waals surface area contributed by atoms with Crippen molar-refractivity contribution in [1.82, 2.24) is 0 Å². The van der Waals surface area contributed by atoms with E-state index < -0.39 is 6.10 Å². The number of nitrogens with two attached hydrogens (primary N) is 1. The lowest BCUT2D eigenvalue weighted by atomic mass is 10.2. The van der Waals surface area contributed by atoms with Crippen molar-refractivity contribution in [2.75, 3.05) is 6.54 Å². The van der Waals surface area contributed by atoms with Crippen LogP contribution in [-0.4, -0.2) is 11.7 Å². The monoisotopic (exact) mass is 249 g/mol. The van der Waals surface area contributed by atoms with Crippen molar-refractivity contribution >= 4 is 27.3 Å². The third kappa shape index (κ3) is 2.29. The van der Waals surface area contributed by atoms with E-state index in [1.807, 2.05) is 13.0 Å². The van der Waals surface area contributed by atoms with Crippen LogP contribution >= 0.6 is 27.3 Å². The van der Waals surface area contributed by atoms with Crippen LogP contribution in [-0.2, 0) is 0 Å². The number of hydrogen-bond donors (Lipinski definition) is 2. The molecule has 0 aromatic carbocycles. The Labute approximate surface area is 84.5 Å². The maximum Gasteiger partial charge on any atom is 0.0894 e. The lowest BCUT2D eigenvalue weighted by Crippen LogP contribution is -2.05. The van der Waals surface area contributed by atoms with E-state index >= 15 is 0 Å². The third-order valence-electron chi connectivity index (χ3n) is 1.64. The Hall–Kier alpha value is 0.100. The molecule has 0 aliphatic heterocycles. The van der Waals surface area contributed by atoms with Crippen LogP contribution in [0.1, 0.15) is 22.3 Å². The van der Waals surface area contributed by atoms with Gasteiger partial charge in [-0.25, -0.2) is 0 Å². The molecule has 0 amide bonds. The van der Waals surface area contributed by atoms with Crippen LogP contribution in [0.25, 0.3) is 0 Å². The van der Waals surface area contributed by atoms with E-state index in [2.05, 4.69) is 15.9 Å². The Kier molecular flexibility index (Phi) is 3.71. The van der Waals surface area contributed by atoms with Gasteiger partial charge >= 0.3 is 0 Å². The predicted octanol–water partition coefficient (Wildman–Crippen LogP) is 2.20. The number of aliphatic hydroxyl groups is 1. The van der Waals surface area contributed by atoms with Crippen LogP contribution in [0.4, 0.5) is 0 Å². The lowest BCUT2D eigenvalue weighted by Gasteiger charge is -2.04. The zero-order chi connectivity index (χ0) is 9.14. The second-order valence-corrected chi connectivity index (χ2v) is 4.79. The van der Waals surface area contributed by atoms with Crippen LogP contribution in [0.3, 0.4) is 0 Å². The zero-order valence-corrected chi connectivity index (χ0v) is 9.28. The number of halogens is 1. The maximum atomic E-state index is 9.57. The van der Waals surface area contributed by atoms with Crippen LogP contribution < -0.4 is 5.73 Å². The lowest BCUT2D eigenvalue weighted by molar-refractivity contribution is 0.174. The molecule has 0 aliphatic rings. The van der Waals surface area contributed by atoms with Crippen molar-refractivity contribution in [1.29, 1.82) is 0 Å². The molecule has 0 saturated carbocycles. The van der Waals surface area contributed by atoms with Crippen molar-refractivity contribution in [3.05, 3.63) is 20.3 Å². The summed E-state index contributed by atoms with van der Waals surface area (Å²) in [6.07, 6.45) is 0.233. The van der Waals surface area contributed by atoms with Gasteiger partial charge in [0.05, 0.1) is 6.10 Å². The van der Waals surface area contributed by atoms with Gasteiger partial charge in [-0.2, -0.15) is 0 Å². The standard InChI is InChI=1S/C8H12BrNOS/c1-5-6(9)4-8(12-5)7(11)2-3-10/h4,7,11H,2-3,10H2,1H3. The Morgan fingerprint density at radius 2 is 2.42 bits per heavy atom. The fraction of sp³-hybridized carbons (Fsp3) is 0.500. The van der Waals surface area contributed by atoms with Gasteiger partial charge in [-0.05, 0) is 41.9 Å². The summed E-state index contributed by atoms with van der Waals surface area (Å²) in [4.78, 5) is 2.19. The first kappa shape index (κ1) is 10.2. The normalized spacial score (nSPS) is 13.3. The van der Waals surface area contributed by atoms with Gasteiger partial charge in [0.25, 0.3) is 0 Å². The molecular weight excluding hydrogens is 238 g/mol. The highest BCUT2D eigenvalue weighted by Gasteiger charge is 2.10. The number of aryl methyl sites for hydroxylation is 1. The Balaban J connectivity index is 2.74. The van der Waals surface area contributed by atoms with Crippen molar-refractivity contribution < 1.29 is 5.11 Å². The molecule has 68 valence electrons. The van der Waals surface area contributed by atoms with E-state index in [0.717, 1.165) is 9.35 Å². The topological polar surface area (TPSA) is 46.2 Å². The molecule has 0 bridgehead atoms. The Bertz CT molecular complexity index is 242. The van der Waals surface area contributed by atoms with Gasteiger partial charge in [0, 0.05) is 14.2 Å². The number of hydrogen-bond acceptors (Lipinski definition) is 3. The summed E-state index contributed by atoms with van der Waals surface area (Å²) in [7, 11) is 0. The molecule has 0 radical (unpaired) electrons. The number of thiophene rings is 1. The molecule has 3 N–H and O–H groups in total. The highest BCUT2D eigenvalue weighted by molar-refractivity contribution is 9.10. The molecule has 1 aromatic rings. The van der Waals surface area contributed by atoms with Gasteiger partial charge in [-0.15, -0.1) is 11.3 Å². The van der Waals surface area contributed by atoms with E-state index in [0.29, 0.717) is 13.0 Å². The summed E-state index contributed by atoms with van der Waals surface area (Å²) in [5.74, 6) is 0. The largest absolute Gasteiger partial charge is 0.388 e. The van der Waals surface area contributed by atoms with E-state index in [4.69, 9.17) is 5.73 Å². The van der Waals surface area contributed by atoms with E-state index in [-0.39, 0.29) is 0 Å². The smallest absolute Gasteiger partial charge is 0.0894 e. The minimum atomic E-state index is -0.398. The van der Waals surface area contributed by atoms with Crippen LogP contribution in [0.5, 0.6) is 0 Å². The van der Waals surface area contributed by atoms with Crippen molar-refractivity contribution in [3.8, 4) is 0 Å². The number of rotatable bonds is 3. The summed E-state index contributed by atoms with van der Waals surface area (Å²) >= 11 is 5.01. The van der Waals surface area contributed by atoms with Crippen LogP contribution in [0, 0.1) is 6.92 Å². The summed E-state index contributed by atoms with van der Waals surface area (Å²) in [6.45, 7) is 2.54. The quantitative estimate of drug-likeness (QED) is 0.863. The van der Waals surface area contributed by atoms with Crippen molar-refractivity contribution in [3.63, 3.8) is 0 Å². The Morgan fingerprint density at radius 1 is 1.75 bits per heavy atom. The van der Waals surface area contributed by atoms with E-state index in [1.54, 1.807) is 11.3 Å². The summed E-state index contributed by atoms with van der Waals surface area (Å²) in [5.41, 5.74) is 5.34. The molecule has 2 nitrogen and oxygen atoms in total. The first-order valence-electron chi connectivity index (χ1n) is 3.79. The van der Waals surface area contributed by atoms with Gasteiger partial charge in [-0.1, -0.05) is 0 Å². The Morgan fingerprint density at radius 3 is 2.83 bits per heavy atom. The summed E-state index contributed by atoms with van der Waals surface area (Å²) < 4.78 is 1.07. The van der Waals surface area contributed by atoms with Crippen LogP contribution in [0.2, 0.25) is 0 Å². The minimum Gasteiger partial charge on any atom is -0.388 e. The molecule has 1 rings (SSSR count). The highest BCUT2D eigenvalue weighted by atomic mass is 79.9.